The second-order valence-corrected chi connectivity index (χ2v) is 6.05. The summed E-state index contributed by atoms with van der Waals surface area (Å²) in [7, 11) is 0. The van der Waals surface area contributed by atoms with Crippen molar-refractivity contribution in [2.24, 2.45) is 5.73 Å². The van der Waals surface area contributed by atoms with Gasteiger partial charge in [-0.05, 0) is 19.3 Å². The highest BCUT2D eigenvalue weighted by atomic mass is 32.1. The second-order valence-electron chi connectivity index (χ2n) is 4.88. The van der Waals surface area contributed by atoms with Crippen LogP contribution in [0.3, 0.4) is 0 Å². The van der Waals surface area contributed by atoms with Gasteiger partial charge in [0.05, 0.1) is 10.7 Å². The number of aryl methyl sites for hydroxylation is 2. The van der Waals surface area contributed by atoms with E-state index < -0.39 is 0 Å². The second kappa shape index (κ2) is 4.38. The number of rotatable bonds is 3. The highest BCUT2D eigenvalue weighted by molar-refractivity contribution is 7.11. The van der Waals surface area contributed by atoms with Crippen molar-refractivity contribution in [2.75, 3.05) is 13.1 Å². The van der Waals surface area contributed by atoms with Gasteiger partial charge in [0.2, 0.25) is 5.91 Å². The zero-order chi connectivity index (χ0) is 11.8. The van der Waals surface area contributed by atoms with Crippen molar-refractivity contribution in [2.45, 2.75) is 38.1 Å². The Morgan fingerprint density at radius 1 is 1.47 bits per heavy atom. The Balaban J connectivity index is 1.58. The molecule has 3 rings (SSSR count). The summed E-state index contributed by atoms with van der Waals surface area (Å²) in [5.74, 6) is 0.196. The zero-order valence-electron chi connectivity index (χ0n) is 9.82. The van der Waals surface area contributed by atoms with E-state index in [1.165, 1.54) is 28.4 Å². The first kappa shape index (κ1) is 11.2. The van der Waals surface area contributed by atoms with E-state index in [0.717, 1.165) is 19.4 Å². The maximum Gasteiger partial charge on any atom is 0.224 e. The molecule has 1 unspecified atom stereocenters. The fourth-order valence-corrected chi connectivity index (χ4v) is 3.75. The van der Waals surface area contributed by atoms with E-state index in [2.05, 4.69) is 4.98 Å². The first-order chi connectivity index (χ1) is 8.22. The molecule has 0 bridgehead atoms. The highest BCUT2D eigenvalue weighted by Crippen LogP contribution is 2.27. The van der Waals surface area contributed by atoms with Crippen LogP contribution in [0.2, 0.25) is 0 Å². The smallest absolute Gasteiger partial charge is 0.224 e. The predicted molar refractivity (Wildman–Crippen MR) is 67.0 cm³/mol. The van der Waals surface area contributed by atoms with Gasteiger partial charge in [-0.2, -0.15) is 0 Å². The number of aromatic nitrogens is 1. The molecule has 0 saturated carbocycles. The van der Waals surface area contributed by atoms with E-state index in [1.54, 1.807) is 0 Å². The summed E-state index contributed by atoms with van der Waals surface area (Å²) < 4.78 is 0. The van der Waals surface area contributed by atoms with Gasteiger partial charge in [-0.1, -0.05) is 0 Å². The van der Waals surface area contributed by atoms with Gasteiger partial charge < -0.3 is 10.6 Å². The van der Waals surface area contributed by atoms with E-state index in [9.17, 15) is 4.79 Å². The fourth-order valence-electron chi connectivity index (χ4n) is 2.60. The maximum absolute atomic E-state index is 11.6. The van der Waals surface area contributed by atoms with Crippen molar-refractivity contribution in [3.8, 4) is 0 Å². The van der Waals surface area contributed by atoms with Crippen molar-refractivity contribution in [3.63, 3.8) is 0 Å². The molecule has 1 amide bonds. The standard InChI is InChI=1S/C12H17N3OS/c13-8-6-12(16)15(7-8)5-4-11-14-9-2-1-3-10(9)17-11/h8H,1-7,13H2. The molecule has 1 atom stereocenters. The minimum absolute atomic E-state index is 0.0313. The lowest BCUT2D eigenvalue weighted by Crippen LogP contribution is -2.30. The van der Waals surface area contributed by atoms with Gasteiger partial charge >= 0.3 is 0 Å². The number of nitrogens with two attached hydrogens (primary N) is 1. The molecule has 0 aromatic carbocycles. The molecule has 1 aromatic heterocycles. The van der Waals surface area contributed by atoms with Gasteiger partial charge in [0.1, 0.15) is 0 Å². The van der Waals surface area contributed by atoms with Crippen molar-refractivity contribution in [1.29, 1.82) is 0 Å². The molecule has 0 spiro atoms. The van der Waals surface area contributed by atoms with Crippen LogP contribution in [-0.2, 0) is 24.1 Å². The number of fused-ring (bicyclic) bond motifs is 1. The summed E-state index contributed by atoms with van der Waals surface area (Å²) in [6.07, 6.45) is 4.98. The summed E-state index contributed by atoms with van der Waals surface area (Å²) in [4.78, 5) is 19.6. The monoisotopic (exact) mass is 251 g/mol. The lowest BCUT2D eigenvalue weighted by molar-refractivity contribution is -0.127. The minimum atomic E-state index is 0.0313. The Hall–Kier alpha value is -0.940. The van der Waals surface area contributed by atoms with E-state index in [-0.39, 0.29) is 11.9 Å². The Kier molecular flexibility index (Phi) is 2.88. The Morgan fingerprint density at radius 2 is 2.35 bits per heavy atom. The molecule has 2 heterocycles. The van der Waals surface area contributed by atoms with Crippen LogP contribution in [0.15, 0.2) is 0 Å². The summed E-state index contributed by atoms with van der Waals surface area (Å²) in [6, 6.07) is 0.0313. The predicted octanol–water partition coefficient (Wildman–Crippen LogP) is 0.734. The van der Waals surface area contributed by atoms with Crippen molar-refractivity contribution >= 4 is 17.2 Å². The van der Waals surface area contributed by atoms with Crippen LogP contribution in [0.4, 0.5) is 0 Å². The topological polar surface area (TPSA) is 59.2 Å². The first-order valence-corrected chi connectivity index (χ1v) is 7.05. The van der Waals surface area contributed by atoms with Gasteiger partial charge in [0.15, 0.2) is 0 Å². The molecule has 1 aliphatic heterocycles. The van der Waals surface area contributed by atoms with Gasteiger partial charge in [0.25, 0.3) is 0 Å². The summed E-state index contributed by atoms with van der Waals surface area (Å²) in [6.45, 7) is 1.49. The number of hydrogen-bond acceptors (Lipinski definition) is 4. The SMILES string of the molecule is NC1CC(=O)N(CCc2nc3c(s2)CCC3)C1. The largest absolute Gasteiger partial charge is 0.341 e. The number of thiazole rings is 1. The molecule has 17 heavy (non-hydrogen) atoms. The summed E-state index contributed by atoms with van der Waals surface area (Å²) in [5.41, 5.74) is 7.07. The zero-order valence-corrected chi connectivity index (χ0v) is 10.6. The lowest BCUT2D eigenvalue weighted by atomic mass is 10.3. The maximum atomic E-state index is 11.6. The first-order valence-electron chi connectivity index (χ1n) is 6.23. The third kappa shape index (κ3) is 2.21. The van der Waals surface area contributed by atoms with E-state index in [4.69, 9.17) is 5.73 Å². The molecule has 1 saturated heterocycles. The minimum Gasteiger partial charge on any atom is -0.341 e. The van der Waals surface area contributed by atoms with Crippen LogP contribution in [0.1, 0.15) is 28.4 Å². The summed E-state index contributed by atoms with van der Waals surface area (Å²) in [5, 5.41) is 1.18. The lowest BCUT2D eigenvalue weighted by Gasteiger charge is -2.14. The van der Waals surface area contributed by atoms with Crippen molar-refractivity contribution < 1.29 is 4.79 Å². The molecule has 0 radical (unpaired) electrons. The number of nitrogens with zero attached hydrogens (tertiary/aromatic N) is 2. The number of amides is 1. The number of likely N-dealkylation sites (tertiary alicyclic amines) is 1. The Labute approximate surface area is 105 Å². The van der Waals surface area contributed by atoms with E-state index in [1.807, 2.05) is 16.2 Å². The van der Waals surface area contributed by atoms with Gasteiger partial charge in [-0.3, -0.25) is 4.79 Å². The molecule has 92 valence electrons. The molecule has 4 nitrogen and oxygen atoms in total. The average Bonchev–Trinajstić information content (AvgIpc) is 2.89. The Morgan fingerprint density at radius 3 is 3.06 bits per heavy atom. The quantitative estimate of drug-likeness (QED) is 0.861. The van der Waals surface area contributed by atoms with Gasteiger partial charge in [0, 0.05) is 36.9 Å². The van der Waals surface area contributed by atoms with Crippen molar-refractivity contribution in [1.82, 2.24) is 9.88 Å². The van der Waals surface area contributed by atoms with Gasteiger partial charge in [-0.15, -0.1) is 11.3 Å². The average molecular weight is 251 g/mol. The van der Waals surface area contributed by atoms with E-state index in [0.29, 0.717) is 13.0 Å². The van der Waals surface area contributed by atoms with E-state index >= 15 is 0 Å². The van der Waals surface area contributed by atoms with Crippen LogP contribution < -0.4 is 5.73 Å². The molecule has 1 aliphatic carbocycles. The van der Waals surface area contributed by atoms with Crippen molar-refractivity contribution in [3.05, 3.63) is 15.6 Å². The number of hydrogen-bond donors (Lipinski definition) is 1. The van der Waals surface area contributed by atoms with Crippen LogP contribution in [0.5, 0.6) is 0 Å². The molecule has 1 fully saturated rings. The normalized spacial score (nSPS) is 23.5. The number of carbonyl (C=O) groups excluding carboxylic acids is 1. The third-order valence-corrected chi connectivity index (χ3v) is 4.70. The fraction of sp³-hybridized carbons (Fsp3) is 0.667. The molecular weight excluding hydrogens is 234 g/mol. The van der Waals surface area contributed by atoms with Crippen LogP contribution >= 0.6 is 11.3 Å². The van der Waals surface area contributed by atoms with Crippen LogP contribution in [0, 0.1) is 0 Å². The van der Waals surface area contributed by atoms with Crippen LogP contribution in [0.25, 0.3) is 0 Å². The molecule has 5 heteroatoms. The molecule has 2 N–H and O–H groups in total. The Bertz CT molecular complexity index is 421. The summed E-state index contributed by atoms with van der Waals surface area (Å²) >= 11 is 1.83. The number of carbonyl (C=O) groups is 1. The van der Waals surface area contributed by atoms with Crippen LogP contribution in [-0.4, -0.2) is 34.9 Å². The molecule has 2 aliphatic rings. The highest BCUT2D eigenvalue weighted by Gasteiger charge is 2.26. The third-order valence-electron chi connectivity index (χ3n) is 3.48. The molecular formula is C12H17N3OS. The molecule has 1 aromatic rings. The van der Waals surface area contributed by atoms with Gasteiger partial charge in [-0.25, -0.2) is 4.98 Å².